The normalized spacial score (nSPS) is 12.8. The third-order valence-corrected chi connectivity index (χ3v) is 3.44. The van der Waals surface area contributed by atoms with Crippen molar-refractivity contribution in [3.05, 3.63) is 34.4 Å². The van der Waals surface area contributed by atoms with Gasteiger partial charge in [0, 0.05) is 5.56 Å². The first kappa shape index (κ1) is 15.9. The third-order valence-electron chi connectivity index (χ3n) is 3.44. The third kappa shape index (κ3) is 4.79. The van der Waals surface area contributed by atoms with Gasteiger partial charge in [-0.1, -0.05) is 19.9 Å². The zero-order valence-electron chi connectivity index (χ0n) is 13.0. The van der Waals surface area contributed by atoms with Crippen LogP contribution >= 0.6 is 0 Å². The minimum Gasteiger partial charge on any atom is -0.370 e. The second-order valence-electron chi connectivity index (χ2n) is 5.93. The van der Waals surface area contributed by atoms with Crippen LogP contribution in [-0.4, -0.2) is 18.5 Å². The number of carbonyl (C=O) groups excluding carboxylic acids is 1. The van der Waals surface area contributed by atoms with Gasteiger partial charge in [0.05, 0.1) is 6.10 Å². The Morgan fingerprint density at radius 3 is 2.21 bits per heavy atom. The maximum atomic E-state index is 12.2. The summed E-state index contributed by atoms with van der Waals surface area (Å²) in [5.41, 5.74) is 4.21. The van der Waals surface area contributed by atoms with Crippen molar-refractivity contribution in [2.45, 2.75) is 54.1 Å². The Bertz CT molecular complexity index is 447. The quantitative estimate of drug-likeness (QED) is 0.717. The molecule has 0 spiro atoms. The first-order chi connectivity index (χ1) is 8.81. The van der Waals surface area contributed by atoms with E-state index < -0.39 is 0 Å². The number of ether oxygens (including phenoxy) is 1. The van der Waals surface area contributed by atoms with Crippen LogP contribution in [0.4, 0.5) is 0 Å². The molecule has 0 aliphatic carbocycles. The van der Waals surface area contributed by atoms with E-state index in [9.17, 15) is 4.79 Å². The second-order valence-corrected chi connectivity index (χ2v) is 5.93. The number of benzene rings is 1. The minimum atomic E-state index is 0.0798. The average Bonchev–Trinajstić information content (AvgIpc) is 2.30. The van der Waals surface area contributed by atoms with E-state index in [0.29, 0.717) is 5.92 Å². The molecular formula is C17H26O2. The van der Waals surface area contributed by atoms with Gasteiger partial charge in [0.15, 0.2) is 5.78 Å². The molecule has 0 saturated heterocycles. The highest BCUT2D eigenvalue weighted by Crippen LogP contribution is 2.16. The van der Waals surface area contributed by atoms with Gasteiger partial charge in [-0.25, -0.2) is 0 Å². The second kappa shape index (κ2) is 6.85. The standard InChI is InChI=1S/C17H26O2/c1-11(2)7-15(6)19-10-17(18)16-9-13(4)12(3)8-14(16)5/h8-9,11,15H,7,10H2,1-6H3. The van der Waals surface area contributed by atoms with Crippen molar-refractivity contribution in [1.29, 1.82) is 0 Å². The summed E-state index contributed by atoms with van der Waals surface area (Å²) in [6.45, 7) is 12.6. The van der Waals surface area contributed by atoms with Crippen molar-refractivity contribution >= 4 is 5.78 Å². The van der Waals surface area contributed by atoms with Crippen molar-refractivity contribution in [2.75, 3.05) is 6.61 Å². The summed E-state index contributed by atoms with van der Waals surface area (Å²) in [4.78, 5) is 12.2. The molecule has 0 radical (unpaired) electrons. The van der Waals surface area contributed by atoms with Crippen molar-refractivity contribution in [1.82, 2.24) is 0 Å². The van der Waals surface area contributed by atoms with Gasteiger partial charge in [0.1, 0.15) is 6.61 Å². The molecule has 0 aromatic heterocycles. The molecule has 1 aromatic carbocycles. The van der Waals surface area contributed by atoms with E-state index in [1.54, 1.807) is 0 Å². The number of ketones is 1. The van der Waals surface area contributed by atoms with Gasteiger partial charge in [0.2, 0.25) is 0 Å². The molecule has 2 heteroatoms. The monoisotopic (exact) mass is 262 g/mol. The average molecular weight is 262 g/mol. The predicted octanol–water partition coefficient (Wildman–Crippen LogP) is 4.25. The summed E-state index contributed by atoms with van der Waals surface area (Å²) < 4.78 is 5.64. The molecule has 0 saturated carbocycles. The predicted molar refractivity (Wildman–Crippen MR) is 79.9 cm³/mol. The van der Waals surface area contributed by atoms with Crippen LogP contribution in [0.1, 0.15) is 54.2 Å². The van der Waals surface area contributed by atoms with E-state index >= 15 is 0 Å². The summed E-state index contributed by atoms with van der Waals surface area (Å²) in [6.07, 6.45) is 1.12. The number of Topliss-reactive ketones (excluding diaryl/α,β-unsaturated/α-hetero) is 1. The molecule has 1 aromatic rings. The SMILES string of the molecule is Cc1cc(C)c(C(=O)COC(C)CC(C)C)cc1C. The molecule has 2 nitrogen and oxygen atoms in total. The van der Waals surface area contributed by atoms with Crippen LogP contribution in [0.5, 0.6) is 0 Å². The van der Waals surface area contributed by atoms with Gasteiger partial charge >= 0.3 is 0 Å². The topological polar surface area (TPSA) is 26.3 Å². The molecule has 1 unspecified atom stereocenters. The zero-order valence-corrected chi connectivity index (χ0v) is 13.0. The van der Waals surface area contributed by atoms with E-state index in [1.165, 1.54) is 5.56 Å². The number of carbonyl (C=O) groups is 1. The van der Waals surface area contributed by atoms with Crippen molar-refractivity contribution < 1.29 is 9.53 Å². The Balaban J connectivity index is 2.66. The van der Waals surface area contributed by atoms with Crippen LogP contribution in [-0.2, 0) is 4.74 Å². The van der Waals surface area contributed by atoms with E-state index in [0.717, 1.165) is 23.1 Å². The Morgan fingerprint density at radius 1 is 1.05 bits per heavy atom. The van der Waals surface area contributed by atoms with E-state index in [4.69, 9.17) is 4.74 Å². The van der Waals surface area contributed by atoms with Gasteiger partial charge in [-0.05, 0) is 62.8 Å². The molecule has 0 N–H and O–H groups in total. The molecule has 0 bridgehead atoms. The van der Waals surface area contributed by atoms with Crippen LogP contribution in [0, 0.1) is 26.7 Å². The smallest absolute Gasteiger partial charge is 0.188 e. The van der Waals surface area contributed by atoms with Crippen LogP contribution in [0.15, 0.2) is 12.1 Å². The Hall–Kier alpha value is -1.15. The van der Waals surface area contributed by atoms with Crippen molar-refractivity contribution in [2.24, 2.45) is 5.92 Å². The molecule has 0 heterocycles. The molecule has 0 amide bonds. The highest BCUT2D eigenvalue weighted by Gasteiger charge is 2.13. The van der Waals surface area contributed by atoms with E-state index in [1.807, 2.05) is 26.8 Å². The van der Waals surface area contributed by atoms with E-state index in [-0.39, 0.29) is 18.5 Å². The molecule has 1 rings (SSSR count). The Kier molecular flexibility index (Phi) is 5.74. The fraction of sp³-hybridized carbons (Fsp3) is 0.588. The fourth-order valence-electron chi connectivity index (χ4n) is 2.29. The lowest BCUT2D eigenvalue weighted by molar-refractivity contribution is 0.0444. The number of rotatable bonds is 6. The minimum absolute atomic E-state index is 0.0798. The largest absolute Gasteiger partial charge is 0.370 e. The lowest BCUT2D eigenvalue weighted by Crippen LogP contribution is -2.18. The molecular weight excluding hydrogens is 236 g/mol. The van der Waals surface area contributed by atoms with Crippen LogP contribution in [0.3, 0.4) is 0 Å². The molecule has 1 atom stereocenters. The first-order valence-electron chi connectivity index (χ1n) is 7.04. The molecule has 0 fully saturated rings. The Labute approximate surface area is 117 Å². The fourth-order valence-corrected chi connectivity index (χ4v) is 2.29. The van der Waals surface area contributed by atoms with Gasteiger partial charge in [0.25, 0.3) is 0 Å². The molecule has 106 valence electrons. The van der Waals surface area contributed by atoms with Gasteiger partial charge in [-0.15, -0.1) is 0 Å². The molecule has 0 aliphatic rings. The van der Waals surface area contributed by atoms with Crippen molar-refractivity contribution in [3.63, 3.8) is 0 Å². The van der Waals surface area contributed by atoms with Crippen LogP contribution < -0.4 is 0 Å². The highest BCUT2D eigenvalue weighted by molar-refractivity contribution is 5.98. The maximum absolute atomic E-state index is 12.2. The first-order valence-corrected chi connectivity index (χ1v) is 7.04. The molecule has 19 heavy (non-hydrogen) atoms. The number of aryl methyl sites for hydroxylation is 3. The lowest BCUT2D eigenvalue weighted by atomic mass is 9.98. The molecule has 0 aliphatic heterocycles. The van der Waals surface area contributed by atoms with Crippen LogP contribution in [0.2, 0.25) is 0 Å². The highest BCUT2D eigenvalue weighted by atomic mass is 16.5. The number of hydrogen-bond donors (Lipinski definition) is 0. The number of hydrogen-bond acceptors (Lipinski definition) is 2. The van der Waals surface area contributed by atoms with Gasteiger partial charge in [-0.3, -0.25) is 4.79 Å². The van der Waals surface area contributed by atoms with Crippen molar-refractivity contribution in [3.8, 4) is 0 Å². The summed E-state index contributed by atoms with van der Waals surface area (Å²) >= 11 is 0. The summed E-state index contributed by atoms with van der Waals surface area (Å²) in [5.74, 6) is 0.671. The van der Waals surface area contributed by atoms with Gasteiger partial charge < -0.3 is 4.74 Å². The lowest BCUT2D eigenvalue weighted by Gasteiger charge is -2.15. The summed E-state index contributed by atoms with van der Waals surface area (Å²) in [5, 5.41) is 0. The van der Waals surface area contributed by atoms with Crippen LogP contribution in [0.25, 0.3) is 0 Å². The Morgan fingerprint density at radius 2 is 1.63 bits per heavy atom. The maximum Gasteiger partial charge on any atom is 0.188 e. The summed E-state index contributed by atoms with van der Waals surface area (Å²) in [6, 6.07) is 4.05. The summed E-state index contributed by atoms with van der Waals surface area (Å²) in [7, 11) is 0. The zero-order chi connectivity index (χ0) is 14.6. The van der Waals surface area contributed by atoms with Gasteiger partial charge in [-0.2, -0.15) is 0 Å². The van der Waals surface area contributed by atoms with E-state index in [2.05, 4.69) is 26.8 Å².